The third-order valence-corrected chi connectivity index (χ3v) is 2.87. The summed E-state index contributed by atoms with van der Waals surface area (Å²) in [5.74, 6) is -2.01. The van der Waals surface area contributed by atoms with Crippen LogP contribution in [0.4, 0.5) is 14.6 Å². The van der Waals surface area contributed by atoms with E-state index in [1.165, 1.54) is 0 Å². The summed E-state index contributed by atoms with van der Waals surface area (Å²) in [6.07, 6.45) is 1.96. The molecule has 16 heavy (non-hydrogen) atoms. The normalized spacial score (nSPS) is 25.5. The van der Waals surface area contributed by atoms with Crippen LogP contribution in [-0.4, -0.2) is 34.8 Å². The van der Waals surface area contributed by atoms with Gasteiger partial charge in [0.1, 0.15) is 5.82 Å². The summed E-state index contributed by atoms with van der Waals surface area (Å²) < 4.78 is 28.7. The second-order valence-corrected chi connectivity index (χ2v) is 4.34. The van der Waals surface area contributed by atoms with Crippen LogP contribution in [0.25, 0.3) is 0 Å². The predicted molar refractivity (Wildman–Crippen MR) is 57.6 cm³/mol. The molecule has 90 valence electrons. The summed E-state index contributed by atoms with van der Waals surface area (Å²) in [6.45, 7) is 0.274. The molecule has 2 rings (SSSR count). The number of alkyl halides is 2. The van der Waals surface area contributed by atoms with Crippen LogP contribution in [0.3, 0.4) is 0 Å². The first kappa shape index (κ1) is 11.3. The van der Waals surface area contributed by atoms with Crippen LogP contribution in [0.2, 0.25) is 0 Å². The van der Waals surface area contributed by atoms with Crippen molar-refractivity contribution >= 4 is 5.82 Å². The fraction of sp³-hybridized carbons (Fsp3) is 0.700. The molecule has 0 bridgehead atoms. The number of halogens is 2. The van der Waals surface area contributed by atoms with Crippen molar-refractivity contribution in [3.8, 4) is 0 Å². The van der Waals surface area contributed by atoms with Gasteiger partial charge < -0.3 is 10.6 Å². The second-order valence-electron chi connectivity index (χ2n) is 4.34. The Balaban J connectivity index is 2.20. The maximum atomic E-state index is 13.5. The molecule has 0 spiro atoms. The molecule has 6 heteroatoms. The summed E-state index contributed by atoms with van der Waals surface area (Å²) in [7, 11) is 1.75. The van der Waals surface area contributed by atoms with E-state index in [1.807, 2.05) is 0 Å². The minimum atomic E-state index is -2.72. The lowest BCUT2D eigenvalue weighted by atomic mass is 10.1. The van der Waals surface area contributed by atoms with E-state index in [2.05, 4.69) is 5.10 Å². The SMILES string of the molecule is Cn1nccc1N1CCC(N)CC(F)(F)C1. The zero-order chi connectivity index (χ0) is 11.8. The van der Waals surface area contributed by atoms with Gasteiger partial charge in [0.05, 0.1) is 12.7 Å². The number of nitrogens with two attached hydrogens (primary N) is 1. The quantitative estimate of drug-likeness (QED) is 0.782. The number of rotatable bonds is 1. The van der Waals surface area contributed by atoms with Gasteiger partial charge in [0, 0.05) is 32.1 Å². The van der Waals surface area contributed by atoms with Gasteiger partial charge in [-0.3, -0.25) is 4.68 Å². The van der Waals surface area contributed by atoms with Crippen molar-refractivity contribution in [3.63, 3.8) is 0 Å². The summed E-state index contributed by atoms with van der Waals surface area (Å²) in [5.41, 5.74) is 5.63. The third kappa shape index (κ3) is 2.32. The summed E-state index contributed by atoms with van der Waals surface area (Å²) >= 11 is 0. The van der Waals surface area contributed by atoms with Gasteiger partial charge in [0.25, 0.3) is 5.92 Å². The standard InChI is InChI=1S/C10H16F2N4/c1-15-9(2-4-14-15)16-5-3-8(13)6-10(11,12)7-16/h2,4,8H,3,5-7,13H2,1H3. The van der Waals surface area contributed by atoms with Crippen LogP contribution in [0.1, 0.15) is 12.8 Å². The highest BCUT2D eigenvalue weighted by molar-refractivity contribution is 5.38. The molecule has 0 aliphatic carbocycles. The molecule has 1 unspecified atom stereocenters. The van der Waals surface area contributed by atoms with E-state index < -0.39 is 12.0 Å². The molecule has 1 fully saturated rings. The Bertz CT molecular complexity index is 363. The number of hydrogen-bond donors (Lipinski definition) is 1. The van der Waals surface area contributed by atoms with E-state index in [9.17, 15) is 8.78 Å². The lowest BCUT2D eigenvalue weighted by Gasteiger charge is -2.25. The smallest absolute Gasteiger partial charge is 0.266 e. The first-order chi connectivity index (χ1) is 7.48. The lowest BCUT2D eigenvalue weighted by molar-refractivity contribution is -0.000544. The first-order valence-corrected chi connectivity index (χ1v) is 5.34. The third-order valence-electron chi connectivity index (χ3n) is 2.87. The Labute approximate surface area is 93.0 Å². The van der Waals surface area contributed by atoms with Gasteiger partial charge in [-0.1, -0.05) is 0 Å². The van der Waals surface area contributed by atoms with Crippen LogP contribution in [-0.2, 0) is 7.05 Å². The summed E-state index contributed by atoms with van der Waals surface area (Å²) in [6, 6.07) is 1.32. The first-order valence-electron chi connectivity index (χ1n) is 5.34. The molecule has 0 aromatic carbocycles. The highest BCUT2D eigenvalue weighted by atomic mass is 19.3. The maximum Gasteiger partial charge on any atom is 0.266 e. The molecule has 2 heterocycles. The molecule has 1 atom stereocenters. The van der Waals surface area contributed by atoms with E-state index in [0.717, 1.165) is 0 Å². The Morgan fingerprint density at radius 3 is 2.94 bits per heavy atom. The van der Waals surface area contributed by atoms with E-state index in [4.69, 9.17) is 5.73 Å². The van der Waals surface area contributed by atoms with Crippen LogP contribution < -0.4 is 10.6 Å². The Hall–Kier alpha value is -1.17. The van der Waals surface area contributed by atoms with Gasteiger partial charge >= 0.3 is 0 Å². The highest BCUT2D eigenvalue weighted by Gasteiger charge is 2.37. The van der Waals surface area contributed by atoms with Gasteiger partial charge in [0.2, 0.25) is 0 Å². The minimum absolute atomic E-state index is 0.235. The van der Waals surface area contributed by atoms with Crippen molar-refractivity contribution in [1.82, 2.24) is 9.78 Å². The number of anilines is 1. The lowest BCUT2D eigenvalue weighted by Crippen LogP contribution is -2.36. The van der Waals surface area contributed by atoms with E-state index in [0.29, 0.717) is 18.8 Å². The molecule has 2 N–H and O–H groups in total. The summed E-state index contributed by atoms with van der Waals surface area (Å²) in [5, 5.41) is 3.99. The van der Waals surface area contributed by atoms with Crippen molar-refractivity contribution in [1.29, 1.82) is 0 Å². The number of aryl methyl sites for hydroxylation is 1. The van der Waals surface area contributed by atoms with Gasteiger partial charge in [0.15, 0.2) is 0 Å². The fourth-order valence-electron chi connectivity index (χ4n) is 2.10. The molecule has 1 aromatic heterocycles. The van der Waals surface area contributed by atoms with Crippen molar-refractivity contribution in [2.45, 2.75) is 24.8 Å². The van der Waals surface area contributed by atoms with Crippen molar-refractivity contribution in [2.24, 2.45) is 12.8 Å². The Morgan fingerprint density at radius 2 is 2.31 bits per heavy atom. The minimum Gasteiger partial charge on any atom is -0.351 e. The average Bonchev–Trinajstić information content (AvgIpc) is 2.52. The Kier molecular flexibility index (Phi) is 2.84. The van der Waals surface area contributed by atoms with E-state index >= 15 is 0 Å². The monoisotopic (exact) mass is 230 g/mol. The molecule has 1 aliphatic rings. The molecule has 0 amide bonds. The number of aromatic nitrogens is 2. The predicted octanol–water partition coefficient (Wildman–Crippen LogP) is 0.983. The summed E-state index contributed by atoms with van der Waals surface area (Å²) in [4.78, 5) is 1.65. The molecular formula is C10H16F2N4. The molecular weight excluding hydrogens is 214 g/mol. The fourth-order valence-corrected chi connectivity index (χ4v) is 2.10. The average molecular weight is 230 g/mol. The number of nitrogens with zero attached hydrogens (tertiary/aromatic N) is 3. The number of hydrogen-bond acceptors (Lipinski definition) is 3. The molecule has 0 saturated carbocycles. The van der Waals surface area contributed by atoms with Crippen LogP contribution in [0.15, 0.2) is 12.3 Å². The van der Waals surface area contributed by atoms with Gasteiger partial charge in [-0.15, -0.1) is 0 Å². The van der Waals surface area contributed by atoms with E-state index in [1.54, 1.807) is 28.9 Å². The van der Waals surface area contributed by atoms with Crippen LogP contribution in [0, 0.1) is 0 Å². The molecule has 4 nitrogen and oxygen atoms in total. The zero-order valence-electron chi connectivity index (χ0n) is 9.24. The van der Waals surface area contributed by atoms with Crippen molar-refractivity contribution in [3.05, 3.63) is 12.3 Å². The topological polar surface area (TPSA) is 47.1 Å². The van der Waals surface area contributed by atoms with Crippen LogP contribution >= 0.6 is 0 Å². The molecule has 1 saturated heterocycles. The molecule has 0 radical (unpaired) electrons. The highest BCUT2D eigenvalue weighted by Crippen LogP contribution is 2.28. The Morgan fingerprint density at radius 1 is 1.56 bits per heavy atom. The molecule has 1 aliphatic heterocycles. The zero-order valence-corrected chi connectivity index (χ0v) is 9.24. The molecule has 1 aromatic rings. The van der Waals surface area contributed by atoms with Gasteiger partial charge in [-0.2, -0.15) is 5.10 Å². The second kappa shape index (κ2) is 4.01. The van der Waals surface area contributed by atoms with Gasteiger partial charge in [-0.05, 0) is 6.42 Å². The van der Waals surface area contributed by atoms with Gasteiger partial charge in [-0.25, -0.2) is 8.78 Å². The largest absolute Gasteiger partial charge is 0.351 e. The van der Waals surface area contributed by atoms with Crippen LogP contribution in [0.5, 0.6) is 0 Å². The van der Waals surface area contributed by atoms with Crippen molar-refractivity contribution in [2.75, 3.05) is 18.0 Å². The van der Waals surface area contributed by atoms with E-state index in [-0.39, 0.29) is 13.0 Å². The maximum absolute atomic E-state index is 13.5. The van der Waals surface area contributed by atoms with Crippen molar-refractivity contribution < 1.29 is 8.78 Å².